The molecule has 9 heteroatoms. The number of ether oxygens (including phenoxy) is 1. The number of carbonyl (C=O) groups is 2. The van der Waals surface area contributed by atoms with Crippen LogP contribution < -0.4 is 16.4 Å². The van der Waals surface area contributed by atoms with Crippen LogP contribution in [0.3, 0.4) is 0 Å². The fourth-order valence-corrected chi connectivity index (χ4v) is 2.49. The second kappa shape index (κ2) is 5.37. The maximum Gasteiger partial charge on any atom is 0.356 e. The van der Waals surface area contributed by atoms with Gasteiger partial charge < -0.3 is 4.74 Å². The maximum atomic E-state index is 11.8. The van der Waals surface area contributed by atoms with Crippen molar-refractivity contribution in [3.8, 4) is 0 Å². The maximum absolute atomic E-state index is 11.8. The summed E-state index contributed by atoms with van der Waals surface area (Å²) in [6.45, 7) is -0.116. The molecule has 0 bridgehead atoms. The average molecular weight is 306 g/mol. The van der Waals surface area contributed by atoms with Crippen molar-refractivity contribution in [3.05, 3.63) is 45.5 Å². The topological polar surface area (TPSA) is 102 Å². The fourth-order valence-electron chi connectivity index (χ4n) is 1.75. The van der Waals surface area contributed by atoms with Crippen LogP contribution in [0.5, 0.6) is 0 Å². The molecule has 1 aliphatic rings. The van der Waals surface area contributed by atoms with Gasteiger partial charge in [-0.25, -0.2) is 9.78 Å². The van der Waals surface area contributed by atoms with E-state index in [0.717, 1.165) is 0 Å². The number of thiazole rings is 1. The van der Waals surface area contributed by atoms with Gasteiger partial charge in [0.15, 0.2) is 4.96 Å². The van der Waals surface area contributed by atoms with Gasteiger partial charge in [0.05, 0.1) is 5.69 Å². The Bertz CT molecular complexity index is 807. The van der Waals surface area contributed by atoms with Gasteiger partial charge in [0.2, 0.25) is 5.91 Å². The van der Waals surface area contributed by atoms with Crippen LogP contribution in [0.4, 0.5) is 0 Å². The van der Waals surface area contributed by atoms with Crippen molar-refractivity contribution in [1.82, 2.24) is 20.2 Å². The number of nitrogens with one attached hydrogen (secondary N) is 2. The Kier molecular flexibility index (Phi) is 3.40. The lowest BCUT2D eigenvalue weighted by Gasteiger charge is -2.15. The van der Waals surface area contributed by atoms with E-state index in [4.69, 9.17) is 4.74 Å². The smallest absolute Gasteiger partial charge is 0.356 e. The molecule has 0 spiro atoms. The number of amides is 1. The first-order valence-corrected chi connectivity index (χ1v) is 6.89. The molecule has 21 heavy (non-hydrogen) atoms. The van der Waals surface area contributed by atoms with Crippen LogP contribution in [-0.2, 0) is 20.9 Å². The zero-order valence-corrected chi connectivity index (χ0v) is 11.5. The van der Waals surface area contributed by atoms with Crippen molar-refractivity contribution in [2.75, 3.05) is 0 Å². The molecule has 108 valence electrons. The molecule has 0 fully saturated rings. The van der Waals surface area contributed by atoms with Crippen molar-refractivity contribution in [3.63, 3.8) is 0 Å². The van der Waals surface area contributed by atoms with Gasteiger partial charge in [-0.05, 0) is 6.08 Å². The highest BCUT2D eigenvalue weighted by Crippen LogP contribution is 2.08. The Labute approximate surface area is 122 Å². The fraction of sp³-hybridized carbons (Fsp3) is 0.167. The van der Waals surface area contributed by atoms with Gasteiger partial charge >= 0.3 is 5.97 Å². The Balaban J connectivity index is 1.70. The summed E-state index contributed by atoms with van der Waals surface area (Å²) in [6, 6.07) is 1.32. The van der Waals surface area contributed by atoms with Crippen LogP contribution in [0.2, 0.25) is 0 Å². The zero-order valence-electron chi connectivity index (χ0n) is 10.7. The van der Waals surface area contributed by atoms with Crippen molar-refractivity contribution in [2.45, 2.75) is 13.0 Å². The third-order valence-electron chi connectivity index (χ3n) is 2.76. The quantitative estimate of drug-likeness (QED) is 0.755. The van der Waals surface area contributed by atoms with Gasteiger partial charge in [0, 0.05) is 24.1 Å². The van der Waals surface area contributed by atoms with E-state index < -0.39 is 5.97 Å². The van der Waals surface area contributed by atoms with Crippen molar-refractivity contribution >= 4 is 28.2 Å². The highest BCUT2D eigenvalue weighted by Gasteiger charge is 2.17. The predicted octanol–water partition coefficient (Wildman–Crippen LogP) is -0.292. The van der Waals surface area contributed by atoms with E-state index in [-0.39, 0.29) is 30.2 Å². The molecule has 2 aromatic rings. The van der Waals surface area contributed by atoms with Crippen molar-refractivity contribution < 1.29 is 14.3 Å². The van der Waals surface area contributed by atoms with Gasteiger partial charge in [-0.1, -0.05) is 0 Å². The van der Waals surface area contributed by atoms with Gasteiger partial charge in [0.1, 0.15) is 12.3 Å². The van der Waals surface area contributed by atoms with Crippen LogP contribution in [0.1, 0.15) is 12.1 Å². The van der Waals surface area contributed by atoms with E-state index in [1.165, 1.54) is 27.9 Å². The van der Waals surface area contributed by atoms with Crippen LogP contribution >= 0.6 is 11.3 Å². The number of hydrogen-bond donors (Lipinski definition) is 2. The van der Waals surface area contributed by atoms with Gasteiger partial charge in [-0.15, -0.1) is 11.3 Å². The van der Waals surface area contributed by atoms with Crippen LogP contribution in [0.25, 0.3) is 4.96 Å². The molecule has 0 radical (unpaired) electrons. The Hall–Kier alpha value is -2.68. The van der Waals surface area contributed by atoms with Crippen LogP contribution in [-0.4, -0.2) is 21.3 Å². The van der Waals surface area contributed by atoms with Gasteiger partial charge in [0.25, 0.3) is 5.56 Å². The lowest BCUT2D eigenvalue weighted by molar-refractivity contribution is -0.141. The number of hydrazine groups is 1. The third-order valence-corrected chi connectivity index (χ3v) is 3.51. The Morgan fingerprint density at radius 2 is 2.29 bits per heavy atom. The summed E-state index contributed by atoms with van der Waals surface area (Å²) in [5.74, 6) is -0.854. The minimum absolute atomic E-state index is 0.109. The summed E-state index contributed by atoms with van der Waals surface area (Å²) in [6.07, 6.45) is 3.18. The molecule has 0 saturated carbocycles. The third kappa shape index (κ3) is 2.77. The summed E-state index contributed by atoms with van der Waals surface area (Å²) in [5.41, 5.74) is 5.06. The van der Waals surface area contributed by atoms with E-state index in [1.54, 1.807) is 11.6 Å². The molecule has 1 amide bonds. The SMILES string of the molecule is O=C1CC=C(C(=O)OCc2cc(=O)n3ccsc3n2)NN1. The number of aromatic nitrogens is 2. The molecule has 3 rings (SSSR count). The molecule has 0 saturated heterocycles. The number of carbonyl (C=O) groups excluding carboxylic acids is 2. The standard InChI is InChI=1S/C12H10N4O4S/c17-9-2-1-8(14-15-9)11(19)20-6-7-5-10(18)16-3-4-21-12(16)13-7/h1,3-5,14H,2,6H2,(H,15,17). The minimum Gasteiger partial charge on any atom is -0.454 e. The highest BCUT2D eigenvalue weighted by atomic mass is 32.1. The molecule has 1 aliphatic heterocycles. The summed E-state index contributed by atoms with van der Waals surface area (Å²) in [7, 11) is 0. The lowest BCUT2D eigenvalue weighted by atomic mass is 10.3. The van der Waals surface area contributed by atoms with Crippen LogP contribution in [0, 0.1) is 0 Å². The second-order valence-electron chi connectivity index (χ2n) is 4.21. The van der Waals surface area contributed by atoms with E-state index in [0.29, 0.717) is 10.7 Å². The molecule has 2 N–H and O–H groups in total. The molecule has 3 heterocycles. The van der Waals surface area contributed by atoms with Crippen LogP contribution in [0.15, 0.2) is 34.2 Å². The summed E-state index contributed by atoms with van der Waals surface area (Å²) in [4.78, 5) is 39.2. The monoisotopic (exact) mass is 306 g/mol. The molecule has 0 aromatic carbocycles. The van der Waals surface area contributed by atoms with E-state index >= 15 is 0 Å². The molecule has 2 aromatic heterocycles. The number of rotatable bonds is 3. The summed E-state index contributed by atoms with van der Waals surface area (Å²) < 4.78 is 6.47. The van der Waals surface area contributed by atoms with Gasteiger partial charge in [-0.2, -0.15) is 0 Å². The van der Waals surface area contributed by atoms with E-state index in [2.05, 4.69) is 15.8 Å². The Morgan fingerprint density at radius 1 is 1.43 bits per heavy atom. The first-order chi connectivity index (χ1) is 10.1. The lowest BCUT2D eigenvalue weighted by Crippen LogP contribution is -2.42. The number of fused-ring (bicyclic) bond motifs is 1. The summed E-state index contributed by atoms with van der Waals surface area (Å²) >= 11 is 1.32. The first-order valence-electron chi connectivity index (χ1n) is 6.01. The minimum atomic E-state index is -0.622. The van der Waals surface area contributed by atoms with E-state index in [1.807, 2.05) is 0 Å². The van der Waals surface area contributed by atoms with Gasteiger partial charge in [-0.3, -0.25) is 24.8 Å². The molecular formula is C12H10N4O4S. The summed E-state index contributed by atoms with van der Waals surface area (Å²) in [5, 5.41) is 1.75. The highest BCUT2D eigenvalue weighted by molar-refractivity contribution is 7.15. The average Bonchev–Trinajstić information content (AvgIpc) is 2.94. The molecule has 0 unspecified atom stereocenters. The van der Waals surface area contributed by atoms with E-state index in [9.17, 15) is 14.4 Å². The second-order valence-corrected chi connectivity index (χ2v) is 5.09. The Morgan fingerprint density at radius 3 is 3.05 bits per heavy atom. The molecular weight excluding hydrogens is 296 g/mol. The normalized spacial score (nSPS) is 14.3. The molecule has 8 nitrogen and oxygen atoms in total. The largest absolute Gasteiger partial charge is 0.454 e. The number of nitrogens with zero attached hydrogens (tertiary/aromatic N) is 2. The predicted molar refractivity (Wildman–Crippen MR) is 73.1 cm³/mol. The molecule has 0 atom stereocenters. The van der Waals surface area contributed by atoms with Crippen molar-refractivity contribution in [2.24, 2.45) is 0 Å². The van der Waals surface area contributed by atoms with Crippen molar-refractivity contribution in [1.29, 1.82) is 0 Å². The first kappa shape index (κ1) is 13.3. The number of esters is 1. The molecule has 0 aliphatic carbocycles. The number of hydrogen-bond acceptors (Lipinski definition) is 7. The zero-order chi connectivity index (χ0) is 14.8.